The molecule has 0 aliphatic carbocycles. The van der Waals surface area contributed by atoms with Crippen molar-refractivity contribution < 1.29 is 4.74 Å². The molecule has 1 aromatic carbocycles. The van der Waals surface area contributed by atoms with E-state index in [0.717, 1.165) is 41.5 Å². The van der Waals surface area contributed by atoms with Gasteiger partial charge in [0.2, 0.25) is 0 Å². The van der Waals surface area contributed by atoms with Crippen LogP contribution >= 0.6 is 0 Å². The molecule has 0 N–H and O–H groups in total. The molecule has 26 heavy (non-hydrogen) atoms. The van der Waals surface area contributed by atoms with Gasteiger partial charge in [-0.15, -0.1) is 0 Å². The Morgan fingerprint density at radius 1 is 0.962 bits per heavy atom. The molecule has 0 aliphatic rings. The molecule has 0 unspecified atom stereocenters. The summed E-state index contributed by atoms with van der Waals surface area (Å²) >= 11 is 0. The molecule has 2 aromatic heterocycles. The maximum atomic E-state index is 5.77. The van der Waals surface area contributed by atoms with Crippen molar-refractivity contribution in [3.63, 3.8) is 0 Å². The van der Waals surface area contributed by atoms with Gasteiger partial charge in [0.1, 0.15) is 17.3 Å². The molecule has 0 spiro atoms. The third kappa shape index (κ3) is 4.36. The Bertz CT molecular complexity index is 837. The lowest BCUT2D eigenvalue weighted by Gasteiger charge is -2.21. The molecule has 0 fully saturated rings. The second kappa shape index (κ2) is 8.43. The van der Waals surface area contributed by atoms with E-state index in [9.17, 15) is 0 Å². The van der Waals surface area contributed by atoms with Gasteiger partial charge in [-0.2, -0.15) is 0 Å². The van der Waals surface area contributed by atoms with Gasteiger partial charge in [0.15, 0.2) is 5.82 Å². The number of nitrogens with zero attached hydrogens (tertiary/aromatic N) is 4. The summed E-state index contributed by atoms with van der Waals surface area (Å²) in [5, 5.41) is 0. The number of benzene rings is 1. The van der Waals surface area contributed by atoms with E-state index >= 15 is 0 Å². The van der Waals surface area contributed by atoms with Crippen LogP contribution in [0, 0.1) is 13.8 Å². The van der Waals surface area contributed by atoms with Crippen LogP contribution in [0.3, 0.4) is 0 Å². The molecule has 0 saturated carbocycles. The van der Waals surface area contributed by atoms with Crippen molar-refractivity contribution in [2.24, 2.45) is 0 Å². The number of aryl methyl sites for hydroxylation is 1. The number of hydrogen-bond donors (Lipinski definition) is 0. The molecule has 0 atom stereocenters. The number of anilines is 1. The van der Waals surface area contributed by atoms with Crippen LogP contribution in [0.25, 0.3) is 11.5 Å². The van der Waals surface area contributed by atoms with E-state index in [1.54, 1.807) is 6.20 Å². The SMILES string of the molecule is Cc1nc(-c2ccccn2)nc(N(C)CCCOc2ccccc2)c1C. The predicted molar refractivity (Wildman–Crippen MR) is 105 cm³/mol. The van der Waals surface area contributed by atoms with E-state index in [1.807, 2.05) is 55.5 Å². The number of para-hydroxylation sites is 1. The van der Waals surface area contributed by atoms with Crippen molar-refractivity contribution in [3.05, 3.63) is 66.0 Å². The number of ether oxygens (including phenoxy) is 1. The van der Waals surface area contributed by atoms with E-state index in [-0.39, 0.29) is 0 Å². The first-order valence-electron chi connectivity index (χ1n) is 8.81. The minimum Gasteiger partial charge on any atom is -0.494 e. The van der Waals surface area contributed by atoms with Crippen molar-refractivity contribution in [2.45, 2.75) is 20.3 Å². The average Bonchev–Trinajstić information content (AvgIpc) is 2.68. The van der Waals surface area contributed by atoms with Gasteiger partial charge in [-0.05, 0) is 44.5 Å². The lowest BCUT2D eigenvalue weighted by Crippen LogP contribution is -2.23. The van der Waals surface area contributed by atoms with Crippen molar-refractivity contribution in [2.75, 3.05) is 25.1 Å². The summed E-state index contributed by atoms with van der Waals surface area (Å²) in [6, 6.07) is 15.7. The second-order valence-electron chi connectivity index (χ2n) is 6.23. The largest absolute Gasteiger partial charge is 0.494 e. The van der Waals surface area contributed by atoms with Crippen molar-refractivity contribution >= 4 is 5.82 Å². The highest BCUT2D eigenvalue weighted by Crippen LogP contribution is 2.22. The maximum absolute atomic E-state index is 5.77. The first-order valence-corrected chi connectivity index (χ1v) is 8.81. The smallest absolute Gasteiger partial charge is 0.180 e. The zero-order valence-corrected chi connectivity index (χ0v) is 15.5. The normalized spacial score (nSPS) is 10.6. The molecule has 0 radical (unpaired) electrons. The number of pyridine rings is 1. The molecule has 5 nitrogen and oxygen atoms in total. The summed E-state index contributed by atoms with van der Waals surface area (Å²) < 4.78 is 5.77. The van der Waals surface area contributed by atoms with E-state index in [2.05, 4.69) is 28.8 Å². The van der Waals surface area contributed by atoms with E-state index in [1.165, 1.54) is 0 Å². The van der Waals surface area contributed by atoms with E-state index < -0.39 is 0 Å². The van der Waals surface area contributed by atoms with Crippen LogP contribution in [-0.4, -0.2) is 35.2 Å². The van der Waals surface area contributed by atoms with Gasteiger partial charge in [0.25, 0.3) is 0 Å². The summed E-state index contributed by atoms with van der Waals surface area (Å²) in [6.07, 6.45) is 2.67. The minimum atomic E-state index is 0.663. The number of aromatic nitrogens is 3. The van der Waals surface area contributed by atoms with Crippen molar-refractivity contribution in [1.82, 2.24) is 15.0 Å². The molecule has 134 valence electrons. The Hall–Kier alpha value is -2.95. The average molecular weight is 348 g/mol. The zero-order chi connectivity index (χ0) is 18.4. The van der Waals surface area contributed by atoms with Crippen LogP contribution in [0.15, 0.2) is 54.7 Å². The Morgan fingerprint density at radius 2 is 1.73 bits per heavy atom. The van der Waals surface area contributed by atoms with Crippen LogP contribution in [0.2, 0.25) is 0 Å². The summed E-state index contributed by atoms with van der Waals surface area (Å²) in [7, 11) is 2.06. The topological polar surface area (TPSA) is 51.1 Å². The number of hydrogen-bond acceptors (Lipinski definition) is 5. The fourth-order valence-corrected chi connectivity index (χ4v) is 2.71. The van der Waals surface area contributed by atoms with Crippen LogP contribution in [-0.2, 0) is 0 Å². The monoisotopic (exact) mass is 348 g/mol. The Morgan fingerprint density at radius 3 is 2.46 bits per heavy atom. The van der Waals surface area contributed by atoms with Gasteiger partial charge in [-0.3, -0.25) is 4.98 Å². The van der Waals surface area contributed by atoms with E-state index in [4.69, 9.17) is 9.72 Å². The van der Waals surface area contributed by atoms with Crippen LogP contribution < -0.4 is 9.64 Å². The highest BCUT2D eigenvalue weighted by Gasteiger charge is 2.13. The molecular formula is C21H24N4O. The third-order valence-electron chi connectivity index (χ3n) is 4.27. The van der Waals surface area contributed by atoms with Gasteiger partial charge in [-0.25, -0.2) is 9.97 Å². The standard InChI is InChI=1S/C21H24N4O/c1-16-17(2)23-20(19-12-7-8-13-22-19)24-21(16)25(3)14-9-15-26-18-10-5-4-6-11-18/h4-8,10-13H,9,14-15H2,1-3H3. The van der Waals surface area contributed by atoms with Crippen LogP contribution in [0.5, 0.6) is 5.75 Å². The van der Waals surface area contributed by atoms with Gasteiger partial charge in [-0.1, -0.05) is 24.3 Å². The summed E-state index contributed by atoms with van der Waals surface area (Å²) in [6.45, 7) is 5.60. The fourth-order valence-electron chi connectivity index (χ4n) is 2.71. The molecule has 0 amide bonds. The Labute approximate surface area is 154 Å². The van der Waals surface area contributed by atoms with Gasteiger partial charge in [0.05, 0.1) is 6.61 Å². The molecular weight excluding hydrogens is 324 g/mol. The summed E-state index contributed by atoms with van der Waals surface area (Å²) in [5.41, 5.74) is 2.86. The first-order chi connectivity index (χ1) is 12.6. The highest BCUT2D eigenvalue weighted by atomic mass is 16.5. The van der Waals surface area contributed by atoms with Crippen LogP contribution in [0.1, 0.15) is 17.7 Å². The Balaban J connectivity index is 1.66. The summed E-state index contributed by atoms with van der Waals surface area (Å²) in [4.78, 5) is 15.9. The molecule has 0 aliphatic heterocycles. The molecule has 2 heterocycles. The first kappa shape index (κ1) is 17.9. The van der Waals surface area contributed by atoms with E-state index in [0.29, 0.717) is 12.4 Å². The maximum Gasteiger partial charge on any atom is 0.180 e. The highest BCUT2D eigenvalue weighted by molar-refractivity contribution is 5.56. The minimum absolute atomic E-state index is 0.663. The third-order valence-corrected chi connectivity index (χ3v) is 4.27. The van der Waals surface area contributed by atoms with Crippen molar-refractivity contribution in [3.8, 4) is 17.3 Å². The molecule has 3 rings (SSSR count). The zero-order valence-electron chi connectivity index (χ0n) is 15.5. The second-order valence-corrected chi connectivity index (χ2v) is 6.23. The molecule has 0 saturated heterocycles. The van der Waals surface area contributed by atoms with Crippen LogP contribution in [0.4, 0.5) is 5.82 Å². The Kier molecular flexibility index (Phi) is 5.79. The fraction of sp³-hybridized carbons (Fsp3) is 0.286. The predicted octanol–water partition coefficient (Wildman–Crippen LogP) is 4.06. The van der Waals surface area contributed by atoms with Gasteiger partial charge in [0, 0.05) is 31.0 Å². The molecule has 5 heteroatoms. The quantitative estimate of drug-likeness (QED) is 0.603. The van der Waals surface area contributed by atoms with Gasteiger partial charge >= 0.3 is 0 Å². The lowest BCUT2D eigenvalue weighted by molar-refractivity contribution is 0.312. The van der Waals surface area contributed by atoms with Crippen molar-refractivity contribution in [1.29, 1.82) is 0 Å². The molecule has 0 bridgehead atoms. The van der Waals surface area contributed by atoms with Gasteiger partial charge < -0.3 is 9.64 Å². The summed E-state index contributed by atoms with van der Waals surface area (Å²) in [5.74, 6) is 2.51. The lowest BCUT2D eigenvalue weighted by atomic mass is 10.2. The molecule has 3 aromatic rings. The number of rotatable bonds is 7.